The number of carbonyl (C=O) groups is 2. The van der Waals surface area contributed by atoms with Gasteiger partial charge in [0.2, 0.25) is 0 Å². The number of carbonyl (C=O) groups excluding carboxylic acids is 1. The number of H-pyrrole nitrogens is 1. The van der Waals surface area contributed by atoms with E-state index < -0.39 is 12.0 Å². The number of nitrogens with one attached hydrogen (secondary N) is 2. The maximum atomic E-state index is 12.5. The molecule has 2 heterocycles. The first kappa shape index (κ1) is 15.0. The lowest BCUT2D eigenvalue weighted by Crippen LogP contribution is -2.44. The van der Waals surface area contributed by atoms with E-state index in [1.807, 2.05) is 35.7 Å². The van der Waals surface area contributed by atoms with Crippen LogP contribution in [0.1, 0.15) is 34.0 Å². The monoisotopic (exact) mass is 340 g/mol. The highest BCUT2D eigenvalue weighted by Crippen LogP contribution is 2.35. The predicted molar refractivity (Wildman–Crippen MR) is 92.6 cm³/mol. The summed E-state index contributed by atoms with van der Waals surface area (Å²) in [4.78, 5) is 27.3. The molecular weight excluding hydrogens is 324 g/mol. The Hall–Kier alpha value is -2.60. The van der Waals surface area contributed by atoms with Crippen LogP contribution in [0.15, 0.2) is 41.8 Å². The van der Waals surface area contributed by atoms with Crippen LogP contribution in [0, 0.1) is 0 Å². The molecule has 1 amide bonds. The lowest BCUT2D eigenvalue weighted by Gasteiger charge is -2.21. The van der Waals surface area contributed by atoms with Gasteiger partial charge in [-0.2, -0.15) is 0 Å². The van der Waals surface area contributed by atoms with Crippen molar-refractivity contribution in [2.45, 2.75) is 24.8 Å². The molecule has 122 valence electrons. The average molecular weight is 340 g/mol. The van der Waals surface area contributed by atoms with Crippen molar-refractivity contribution in [2.24, 2.45) is 0 Å². The number of rotatable bonds is 4. The van der Waals surface area contributed by atoms with E-state index in [4.69, 9.17) is 0 Å². The molecule has 5 nitrogen and oxygen atoms in total. The third kappa shape index (κ3) is 2.49. The third-order valence-electron chi connectivity index (χ3n) is 4.62. The zero-order valence-electron chi connectivity index (χ0n) is 12.8. The van der Waals surface area contributed by atoms with Crippen LogP contribution in [-0.2, 0) is 11.2 Å². The van der Waals surface area contributed by atoms with Gasteiger partial charge in [0.25, 0.3) is 5.91 Å². The van der Waals surface area contributed by atoms with Crippen LogP contribution in [0.4, 0.5) is 0 Å². The zero-order chi connectivity index (χ0) is 16.7. The average Bonchev–Trinajstić information content (AvgIpc) is 3.26. The second-order valence-corrected chi connectivity index (χ2v) is 6.96. The topological polar surface area (TPSA) is 82.2 Å². The molecule has 0 bridgehead atoms. The first-order valence-electron chi connectivity index (χ1n) is 7.81. The van der Waals surface area contributed by atoms with E-state index >= 15 is 0 Å². The van der Waals surface area contributed by atoms with Crippen molar-refractivity contribution in [3.05, 3.63) is 58.6 Å². The molecule has 6 heteroatoms. The minimum absolute atomic E-state index is 0.196. The van der Waals surface area contributed by atoms with Gasteiger partial charge in [0.1, 0.15) is 11.7 Å². The summed E-state index contributed by atoms with van der Waals surface area (Å²) in [7, 11) is 0. The van der Waals surface area contributed by atoms with Crippen LogP contribution in [0.5, 0.6) is 0 Å². The third-order valence-corrected chi connectivity index (χ3v) is 5.48. The molecule has 24 heavy (non-hydrogen) atoms. The van der Waals surface area contributed by atoms with Gasteiger partial charge in [0, 0.05) is 5.92 Å². The number of aromatic amines is 1. The highest BCUT2D eigenvalue weighted by atomic mass is 32.1. The molecule has 3 aromatic rings. The van der Waals surface area contributed by atoms with Gasteiger partial charge in [-0.15, -0.1) is 11.3 Å². The number of carboxylic acids is 1. The van der Waals surface area contributed by atoms with E-state index in [0.717, 1.165) is 28.6 Å². The summed E-state index contributed by atoms with van der Waals surface area (Å²) < 4.78 is 0.984. The summed E-state index contributed by atoms with van der Waals surface area (Å²) in [6.45, 7) is 0. The molecule has 2 atom stereocenters. The second-order valence-electron chi connectivity index (χ2n) is 6.01. The van der Waals surface area contributed by atoms with Gasteiger partial charge in [0.05, 0.1) is 10.2 Å². The summed E-state index contributed by atoms with van der Waals surface area (Å²) in [5, 5.41) is 14.3. The Balaban J connectivity index is 1.59. The standard InChI is InChI=1S/C18H16N2O3S/c21-17(14-9-15-13(19-14)7-8-24-15)20-16(18(22)23)12-6-5-10-3-1-2-4-11(10)12/h1-4,7-9,12,16,19H,5-6H2,(H,20,21)(H,22,23). The van der Waals surface area contributed by atoms with Crippen molar-refractivity contribution < 1.29 is 14.7 Å². The molecular formula is C18H16N2O3S. The Kier molecular flexibility index (Phi) is 3.61. The molecule has 0 aliphatic heterocycles. The number of thiophene rings is 1. The minimum atomic E-state index is -1.00. The molecule has 3 N–H and O–H groups in total. The number of aliphatic carboxylic acids is 1. The molecule has 0 fully saturated rings. The maximum Gasteiger partial charge on any atom is 0.326 e. The number of benzene rings is 1. The largest absolute Gasteiger partial charge is 0.480 e. The lowest BCUT2D eigenvalue weighted by molar-refractivity contribution is -0.139. The molecule has 1 aromatic carbocycles. The van der Waals surface area contributed by atoms with E-state index in [0.29, 0.717) is 5.69 Å². The molecule has 0 saturated carbocycles. The Morgan fingerprint density at radius 2 is 2.12 bits per heavy atom. The van der Waals surface area contributed by atoms with Crippen LogP contribution in [-0.4, -0.2) is 28.0 Å². The summed E-state index contributed by atoms with van der Waals surface area (Å²) >= 11 is 1.54. The van der Waals surface area contributed by atoms with Crippen LogP contribution in [0.2, 0.25) is 0 Å². The maximum absolute atomic E-state index is 12.5. The van der Waals surface area contributed by atoms with Gasteiger partial charge < -0.3 is 15.4 Å². The second kappa shape index (κ2) is 5.79. The fourth-order valence-electron chi connectivity index (χ4n) is 3.46. The van der Waals surface area contributed by atoms with Crippen molar-refractivity contribution in [2.75, 3.05) is 0 Å². The van der Waals surface area contributed by atoms with Gasteiger partial charge in [-0.05, 0) is 41.5 Å². The van der Waals surface area contributed by atoms with Gasteiger partial charge >= 0.3 is 5.97 Å². The normalized spacial score (nSPS) is 17.6. The van der Waals surface area contributed by atoms with E-state index in [2.05, 4.69) is 10.3 Å². The SMILES string of the molecule is O=C(NC(C(=O)O)C1CCc2ccccc21)c1cc2sccc2[nH]1. The van der Waals surface area contributed by atoms with Gasteiger partial charge in [0.15, 0.2) is 0 Å². The minimum Gasteiger partial charge on any atom is -0.480 e. The Morgan fingerprint density at radius 3 is 2.92 bits per heavy atom. The van der Waals surface area contributed by atoms with Crippen LogP contribution < -0.4 is 5.32 Å². The van der Waals surface area contributed by atoms with Crippen molar-refractivity contribution in [3.63, 3.8) is 0 Å². The molecule has 1 aliphatic carbocycles. The summed E-state index contributed by atoms with van der Waals surface area (Å²) in [6.07, 6.45) is 1.58. The molecule has 0 radical (unpaired) electrons. The Bertz CT molecular complexity index is 899. The van der Waals surface area contributed by atoms with E-state index in [1.165, 1.54) is 16.9 Å². The fraction of sp³-hybridized carbons (Fsp3) is 0.222. The highest BCUT2D eigenvalue weighted by molar-refractivity contribution is 7.17. The van der Waals surface area contributed by atoms with Crippen LogP contribution >= 0.6 is 11.3 Å². The first-order chi connectivity index (χ1) is 11.6. The lowest BCUT2D eigenvalue weighted by atomic mass is 9.93. The fourth-order valence-corrected chi connectivity index (χ4v) is 4.24. The van der Waals surface area contributed by atoms with E-state index in [-0.39, 0.29) is 11.8 Å². The molecule has 0 saturated heterocycles. The van der Waals surface area contributed by atoms with Crippen LogP contribution in [0.25, 0.3) is 10.2 Å². The van der Waals surface area contributed by atoms with Crippen molar-refractivity contribution in [1.82, 2.24) is 10.3 Å². The molecule has 0 spiro atoms. The molecule has 4 rings (SSSR count). The summed E-state index contributed by atoms with van der Waals surface area (Å²) in [5.41, 5.74) is 3.48. The summed E-state index contributed by atoms with van der Waals surface area (Å²) in [6, 6.07) is 10.6. The number of fused-ring (bicyclic) bond motifs is 2. The molecule has 2 unspecified atom stereocenters. The number of aromatic nitrogens is 1. The quantitative estimate of drug-likeness (QED) is 0.682. The number of aryl methyl sites for hydroxylation is 1. The van der Waals surface area contributed by atoms with Crippen molar-refractivity contribution in [1.29, 1.82) is 0 Å². The smallest absolute Gasteiger partial charge is 0.326 e. The van der Waals surface area contributed by atoms with Crippen LogP contribution in [0.3, 0.4) is 0 Å². The predicted octanol–water partition coefficient (Wildman–Crippen LogP) is 3.14. The Labute approximate surface area is 142 Å². The zero-order valence-corrected chi connectivity index (χ0v) is 13.6. The number of carboxylic acid groups (broad SMARTS) is 1. The van der Waals surface area contributed by atoms with Gasteiger partial charge in [-0.3, -0.25) is 4.79 Å². The van der Waals surface area contributed by atoms with Crippen molar-refractivity contribution >= 4 is 33.4 Å². The van der Waals surface area contributed by atoms with Crippen molar-refractivity contribution in [3.8, 4) is 0 Å². The van der Waals surface area contributed by atoms with Gasteiger partial charge in [-0.25, -0.2) is 4.79 Å². The highest BCUT2D eigenvalue weighted by Gasteiger charge is 2.35. The number of hydrogen-bond acceptors (Lipinski definition) is 3. The summed E-state index contributed by atoms with van der Waals surface area (Å²) in [5.74, 6) is -1.58. The first-order valence-corrected chi connectivity index (χ1v) is 8.69. The van der Waals surface area contributed by atoms with E-state index in [1.54, 1.807) is 6.07 Å². The Morgan fingerprint density at radius 1 is 1.29 bits per heavy atom. The number of hydrogen-bond donors (Lipinski definition) is 3. The molecule has 1 aliphatic rings. The molecule has 2 aromatic heterocycles. The number of amides is 1. The van der Waals surface area contributed by atoms with E-state index in [9.17, 15) is 14.7 Å². The van der Waals surface area contributed by atoms with Gasteiger partial charge in [-0.1, -0.05) is 24.3 Å².